The lowest BCUT2D eigenvalue weighted by atomic mass is 9.89. The fourth-order valence-corrected chi connectivity index (χ4v) is 7.09. The second-order valence-electron chi connectivity index (χ2n) is 12.2. The van der Waals surface area contributed by atoms with Gasteiger partial charge < -0.3 is 5.32 Å². The van der Waals surface area contributed by atoms with Crippen molar-refractivity contribution >= 4 is 44.5 Å². The third kappa shape index (κ3) is 4.94. The standard InChI is InChI=1S/C45H31N3/c1-2-12-30(13-3-1)31-14-10-16-34(26-31)44-46-29-47-45(48-44)35-17-11-15-32(27-35)36-18-4-5-19-37(36)33-24-25-42-40-22-7-6-20-38(40)39-21-8-9-23-41(39)43(42)28-33/h1-29,44H,(H,46,47,48). The van der Waals surface area contributed by atoms with Crippen LogP contribution in [0.25, 0.3) is 65.7 Å². The number of hydrogen-bond donors (Lipinski definition) is 1. The van der Waals surface area contributed by atoms with Crippen molar-refractivity contribution < 1.29 is 0 Å². The summed E-state index contributed by atoms with van der Waals surface area (Å²) in [6.45, 7) is 0. The van der Waals surface area contributed by atoms with Gasteiger partial charge in [-0.25, -0.2) is 9.98 Å². The molecule has 0 aromatic heterocycles. The van der Waals surface area contributed by atoms with Crippen LogP contribution in [-0.4, -0.2) is 12.2 Å². The Kier molecular flexibility index (Phi) is 6.87. The Morgan fingerprint density at radius 2 is 0.917 bits per heavy atom. The van der Waals surface area contributed by atoms with Gasteiger partial charge in [0.15, 0.2) is 6.17 Å². The van der Waals surface area contributed by atoms with Gasteiger partial charge in [0, 0.05) is 5.56 Å². The van der Waals surface area contributed by atoms with Crippen molar-refractivity contribution in [2.24, 2.45) is 9.98 Å². The molecule has 1 aliphatic heterocycles. The highest BCUT2D eigenvalue weighted by molar-refractivity contribution is 6.25. The number of benzene rings is 8. The smallest absolute Gasteiger partial charge is 0.169 e. The molecule has 0 fully saturated rings. The average Bonchev–Trinajstić information content (AvgIpc) is 3.18. The summed E-state index contributed by atoms with van der Waals surface area (Å²) in [5.41, 5.74) is 9.14. The molecule has 1 heterocycles. The molecule has 0 bridgehead atoms. The first-order valence-corrected chi connectivity index (χ1v) is 16.3. The highest BCUT2D eigenvalue weighted by atomic mass is 15.2. The number of nitrogens with zero attached hydrogens (tertiary/aromatic N) is 2. The minimum Gasteiger partial charge on any atom is -0.331 e. The van der Waals surface area contributed by atoms with E-state index in [1.165, 1.54) is 54.6 Å². The van der Waals surface area contributed by atoms with E-state index in [-0.39, 0.29) is 6.17 Å². The van der Waals surface area contributed by atoms with Crippen LogP contribution in [0.5, 0.6) is 0 Å². The van der Waals surface area contributed by atoms with E-state index in [4.69, 9.17) is 4.99 Å². The molecular formula is C45H31N3. The van der Waals surface area contributed by atoms with Gasteiger partial charge in [-0.05, 0) is 89.5 Å². The van der Waals surface area contributed by atoms with E-state index in [0.29, 0.717) is 0 Å². The summed E-state index contributed by atoms with van der Waals surface area (Å²) in [6, 6.07) is 60.7. The van der Waals surface area contributed by atoms with E-state index in [9.17, 15) is 0 Å². The second-order valence-corrected chi connectivity index (χ2v) is 12.2. The lowest BCUT2D eigenvalue weighted by molar-refractivity contribution is 0.763. The number of hydrogen-bond acceptors (Lipinski definition) is 3. The number of rotatable bonds is 5. The SMILES string of the molecule is C1=NC(c2cccc(-c3ccccc3)c2)N=C(c2cccc(-c3ccccc3-c3ccc4c5ccccc5c5ccccc5c4c3)c2)N1. The van der Waals surface area contributed by atoms with Gasteiger partial charge in [0.1, 0.15) is 5.84 Å². The van der Waals surface area contributed by atoms with Crippen molar-refractivity contribution in [1.82, 2.24) is 5.32 Å². The molecule has 1 N–H and O–H groups in total. The fraction of sp³-hybridized carbons (Fsp3) is 0.0222. The molecule has 3 heteroatoms. The Balaban J connectivity index is 1.10. The van der Waals surface area contributed by atoms with Crippen molar-refractivity contribution in [3.8, 4) is 33.4 Å². The zero-order valence-corrected chi connectivity index (χ0v) is 26.2. The zero-order chi connectivity index (χ0) is 31.9. The molecule has 1 atom stereocenters. The summed E-state index contributed by atoms with van der Waals surface area (Å²) in [4.78, 5) is 9.75. The molecule has 0 saturated carbocycles. The molecule has 226 valence electrons. The Labute approximate surface area is 279 Å². The van der Waals surface area contributed by atoms with E-state index in [2.05, 4.69) is 174 Å². The van der Waals surface area contributed by atoms with Gasteiger partial charge in [0.25, 0.3) is 0 Å². The summed E-state index contributed by atoms with van der Waals surface area (Å²) >= 11 is 0. The number of amidine groups is 1. The van der Waals surface area contributed by atoms with E-state index >= 15 is 0 Å². The molecule has 48 heavy (non-hydrogen) atoms. The van der Waals surface area contributed by atoms with Crippen molar-refractivity contribution in [3.05, 3.63) is 181 Å². The monoisotopic (exact) mass is 613 g/mol. The van der Waals surface area contributed by atoms with Gasteiger partial charge in [0.05, 0.1) is 6.34 Å². The molecule has 1 unspecified atom stereocenters. The van der Waals surface area contributed by atoms with Crippen LogP contribution in [0.15, 0.2) is 180 Å². The Morgan fingerprint density at radius 3 is 1.65 bits per heavy atom. The lowest BCUT2D eigenvalue weighted by Gasteiger charge is -2.18. The first-order valence-electron chi connectivity index (χ1n) is 16.3. The molecule has 3 nitrogen and oxygen atoms in total. The van der Waals surface area contributed by atoms with Gasteiger partial charge in [-0.2, -0.15) is 0 Å². The van der Waals surface area contributed by atoms with Crippen LogP contribution in [-0.2, 0) is 0 Å². The van der Waals surface area contributed by atoms with Crippen molar-refractivity contribution in [1.29, 1.82) is 0 Å². The molecule has 1 aliphatic rings. The molecule has 0 amide bonds. The Morgan fingerprint density at radius 1 is 0.375 bits per heavy atom. The summed E-state index contributed by atoms with van der Waals surface area (Å²) < 4.78 is 0. The third-order valence-corrected chi connectivity index (χ3v) is 9.39. The number of fused-ring (bicyclic) bond motifs is 6. The largest absolute Gasteiger partial charge is 0.331 e. The Hall–Kier alpha value is -6.32. The van der Waals surface area contributed by atoms with Gasteiger partial charge in [0.2, 0.25) is 0 Å². The highest BCUT2D eigenvalue weighted by Gasteiger charge is 2.17. The van der Waals surface area contributed by atoms with Crippen molar-refractivity contribution in [3.63, 3.8) is 0 Å². The summed E-state index contributed by atoms with van der Waals surface area (Å²) in [5, 5.41) is 11.0. The van der Waals surface area contributed by atoms with E-state index in [1.807, 2.05) is 6.07 Å². The van der Waals surface area contributed by atoms with Crippen LogP contribution in [0.1, 0.15) is 17.3 Å². The molecule has 9 rings (SSSR count). The molecule has 0 saturated heterocycles. The topological polar surface area (TPSA) is 36.8 Å². The summed E-state index contributed by atoms with van der Waals surface area (Å²) in [5.74, 6) is 0.809. The maximum absolute atomic E-state index is 5.07. The van der Waals surface area contributed by atoms with E-state index in [1.54, 1.807) is 6.34 Å². The Bertz CT molecular complexity index is 2510. The maximum atomic E-state index is 5.07. The zero-order valence-electron chi connectivity index (χ0n) is 26.2. The van der Waals surface area contributed by atoms with Crippen LogP contribution >= 0.6 is 0 Å². The minimum absolute atomic E-state index is 0.315. The molecule has 0 spiro atoms. The first-order chi connectivity index (χ1) is 23.8. The van der Waals surface area contributed by atoms with E-state index < -0.39 is 0 Å². The van der Waals surface area contributed by atoms with Crippen LogP contribution in [0.2, 0.25) is 0 Å². The van der Waals surface area contributed by atoms with Crippen molar-refractivity contribution in [2.45, 2.75) is 6.17 Å². The van der Waals surface area contributed by atoms with Gasteiger partial charge in [-0.1, -0.05) is 152 Å². The normalized spacial score (nSPS) is 14.2. The summed E-state index contributed by atoms with van der Waals surface area (Å²) in [6.07, 6.45) is 1.45. The van der Waals surface area contributed by atoms with Gasteiger partial charge >= 0.3 is 0 Å². The predicted molar refractivity (Wildman–Crippen MR) is 203 cm³/mol. The number of aliphatic imine (C=N–C) groups is 2. The molecular weight excluding hydrogens is 583 g/mol. The minimum atomic E-state index is -0.315. The number of nitrogens with one attached hydrogen (secondary N) is 1. The fourth-order valence-electron chi connectivity index (χ4n) is 7.09. The molecule has 0 aliphatic carbocycles. The molecule has 8 aromatic rings. The molecule has 8 aromatic carbocycles. The van der Waals surface area contributed by atoms with Crippen molar-refractivity contribution in [2.75, 3.05) is 0 Å². The predicted octanol–water partition coefficient (Wildman–Crippen LogP) is 11.2. The van der Waals surface area contributed by atoms with Crippen LogP contribution in [0, 0.1) is 0 Å². The maximum Gasteiger partial charge on any atom is 0.169 e. The van der Waals surface area contributed by atoms with Gasteiger partial charge in [-0.15, -0.1) is 0 Å². The second kappa shape index (κ2) is 11.8. The summed E-state index contributed by atoms with van der Waals surface area (Å²) in [7, 11) is 0. The van der Waals surface area contributed by atoms with Crippen LogP contribution in [0.4, 0.5) is 0 Å². The quantitative estimate of drug-likeness (QED) is 0.193. The first kappa shape index (κ1) is 27.9. The van der Waals surface area contributed by atoms with Crippen LogP contribution < -0.4 is 5.32 Å². The van der Waals surface area contributed by atoms with Gasteiger partial charge in [-0.3, -0.25) is 0 Å². The van der Waals surface area contributed by atoms with Crippen LogP contribution in [0.3, 0.4) is 0 Å². The average molecular weight is 614 g/mol. The lowest BCUT2D eigenvalue weighted by Crippen LogP contribution is -2.27. The third-order valence-electron chi connectivity index (χ3n) is 9.39. The van der Waals surface area contributed by atoms with E-state index in [0.717, 1.165) is 28.1 Å². The molecule has 0 radical (unpaired) electrons. The highest BCUT2D eigenvalue weighted by Crippen LogP contribution is 2.39.